The van der Waals surface area contributed by atoms with Crippen molar-refractivity contribution in [3.63, 3.8) is 0 Å². The fourth-order valence-corrected chi connectivity index (χ4v) is 3.13. The topological polar surface area (TPSA) is 93.8 Å². The molecule has 2 heterocycles. The largest absolute Gasteiger partial charge is 0.375 e. The number of anilines is 2. The summed E-state index contributed by atoms with van der Waals surface area (Å²) in [6.07, 6.45) is 3.05. The molecule has 0 unspecified atom stereocenters. The van der Waals surface area contributed by atoms with Crippen LogP contribution in [-0.2, 0) is 0 Å². The first kappa shape index (κ1) is 16.9. The second-order valence-corrected chi connectivity index (χ2v) is 6.66. The van der Waals surface area contributed by atoms with E-state index in [0.717, 1.165) is 16.8 Å². The minimum atomic E-state index is -0.274. The number of aromatic nitrogens is 3. The maximum absolute atomic E-state index is 12.5. The number of hydrogen-bond donors (Lipinski definition) is 2. The zero-order valence-electron chi connectivity index (χ0n) is 14.2. The van der Waals surface area contributed by atoms with Gasteiger partial charge in [-0.3, -0.25) is 4.79 Å². The van der Waals surface area contributed by atoms with Crippen molar-refractivity contribution < 1.29 is 4.79 Å². The predicted molar refractivity (Wildman–Crippen MR) is 107 cm³/mol. The van der Waals surface area contributed by atoms with E-state index in [1.807, 2.05) is 60.0 Å². The van der Waals surface area contributed by atoms with E-state index in [4.69, 9.17) is 5.73 Å². The van der Waals surface area contributed by atoms with Crippen molar-refractivity contribution in [2.45, 2.75) is 0 Å². The second-order valence-electron chi connectivity index (χ2n) is 5.77. The number of nitrogens with one attached hydrogen (secondary N) is 1. The molecule has 0 atom stereocenters. The van der Waals surface area contributed by atoms with E-state index in [-0.39, 0.29) is 5.91 Å². The molecule has 3 N–H and O–H groups in total. The summed E-state index contributed by atoms with van der Waals surface area (Å²) in [5, 5.41) is 5.25. The van der Waals surface area contributed by atoms with Crippen LogP contribution in [0.3, 0.4) is 0 Å². The molecule has 4 aromatic rings. The Hall–Kier alpha value is -3.58. The van der Waals surface area contributed by atoms with Gasteiger partial charge in [0.05, 0.1) is 11.3 Å². The average Bonchev–Trinajstić information content (AvgIpc) is 3.15. The molecule has 4 rings (SSSR count). The third-order valence-corrected chi connectivity index (χ3v) is 4.56. The Labute approximate surface area is 159 Å². The molecule has 6 nitrogen and oxygen atoms in total. The molecule has 1 amide bonds. The summed E-state index contributed by atoms with van der Waals surface area (Å²) in [5.74, 6) is 0.305. The summed E-state index contributed by atoms with van der Waals surface area (Å²) in [7, 11) is 0. The minimum Gasteiger partial charge on any atom is -0.375 e. The lowest BCUT2D eigenvalue weighted by Gasteiger charge is -2.07. The Balaban J connectivity index is 1.51. The molecule has 27 heavy (non-hydrogen) atoms. The number of amides is 1. The third kappa shape index (κ3) is 3.83. The van der Waals surface area contributed by atoms with Crippen LogP contribution >= 0.6 is 11.3 Å². The fourth-order valence-electron chi connectivity index (χ4n) is 2.56. The van der Waals surface area contributed by atoms with Crippen LogP contribution in [-0.4, -0.2) is 20.9 Å². The molecule has 0 saturated heterocycles. The Morgan fingerprint density at radius 2 is 1.70 bits per heavy atom. The molecule has 0 aliphatic rings. The SMILES string of the molecule is Nc1nc(-c2cccc(NC(=O)c3cnc(-c4ccccc4)nc3)c2)cs1. The summed E-state index contributed by atoms with van der Waals surface area (Å²) >= 11 is 1.38. The molecule has 0 fully saturated rings. The summed E-state index contributed by atoms with van der Waals surface area (Å²) in [6.45, 7) is 0. The Morgan fingerprint density at radius 3 is 2.41 bits per heavy atom. The van der Waals surface area contributed by atoms with Gasteiger partial charge in [-0.15, -0.1) is 11.3 Å². The molecule has 0 spiro atoms. The van der Waals surface area contributed by atoms with Crippen LogP contribution in [0.5, 0.6) is 0 Å². The maximum atomic E-state index is 12.5. The van der Waals surface area contributed by atoms with Crippen LogP contribution in [0.25, 0.3) is 22.6 Å². The number of nitrogens with two attached hydrogens (primary N) is 1. The van der Waals surface area contributed by atoms with Crippen molar-refractivity contribution in [3.05, 3.63) is 77.9 Å². The lowest BCUT2D eigenvalue weighted by Crippen LogP contribution is -2.12. The second kappa shape index (κ2) is 7.35. The van der Waals surface area contributed by atoms with Crippen molar-refractivity contribution in [1.29, 1.82) is 0 Å². The molecular formula is C20H15N5OS. The number of rotatable bonds is 4. The molecule has 0 aliphatic heterocycles. The molecule has 2 aromatic heterocycles. The van der Waals surface area contributed by atoms with E-state index in [1.54, 1.807) is 0 Å². The first-order chi connectivity index (χ1) is 13.2. The Bertz CT molecular complexity index is 1080. The molecule has 0 saturated carbocycles. The first-order valence-electron chi connectivity index (χ1n) is 8.19. The lowest BCUT2D eigenvalue weighted by atomic mass is 10.1. The van der Waals surface area contributed by atoms with E-state index in [1.165, 1.54) is 23.7 Å². The van der Waals surface area contributed by atoms with Gasteiger partial charge < -0.3 is 11.1 Å². The Morgan fingerprint density at radius 1 is 0.963 bits per heavy atom. The quantitative estimate of drug-likeness (QED) is 0.562. The van der Waals surface area contributed by atoms with E-state index in [0.29, 0.717) is 22.2 Å². The van der Waals surface area contributed by atoms with Crippen molar-refractivity contribution >= 4 is 28.1 Å². The zero-order chi connectivity index (χ0) is 18.6. The van der Waals surface area contributed by atoms with Crippen molar-refractivity contribution in [2.24, 2.45) is 0 Å². The smallest absolute Gasteiger partial charge is 0.258 e. The molecule has 0 aliphatic carbocycles. The maximum Gasteiger partial charge on any atom is 0.258 e. The lowest BCUT2D eigenvalue weighted by molar-refractivity contribution is 0.102. The van der Waals surface area contributed by atoms with Crippen molar-refractivity contribution in [1.82, 2.24) is 15.0 Å². The summed E-state index contributed by atoms with van der Waals surface area (Å²) in [4.78, 5) is 25.3. The van der Waals surface area contributed by atoms with Crippen LogP contribution in [0.4, 0.5) is 10.8 Å². The van der Waals surface area contributed by atoms with Crippen LogP contribution in [0.2, 0.25) is 0 Å². The Kier molecular flexibility index (Phi) is 4.59. The van der Waals surface area contributed by atoms with E-state index < -0.39 is 0 Å². The molecular weight excluding hydrogens is 358 g/mol. The van der Waals surface area contributed by atoms with Crippen molar-refractivity contribution in [2.75, 3.05) is 11.1 Å². The highest BCUT2D eigenvalue weighted by Crippen LogP contribution is 2.25. The number of benzene rings is 2. The van der Waals surface area contributed by atoms with Gasteiger partial charge in [0.2, 0.25) is 0 Å². The molecule has 0 bridgehead atoms. The number of nitrogen functional groups attached to an aromatic ring is 1. The van der Waals surface area contributed by atoms with Gasteiger partial charge in [-0.05, 0) is 12.1 Å². The molecule has 132 valence electrons. The van der Waals surface area contributed by atoms with Gasteiger partial charge in [-0.1, -0.05) is 42.5 Å². The number of carbonyl (C=O) groups is 1. The van der Waals surface area contributed by atoms with Gasteiger partial charge in [0.15, 0.2) is 11.0 Å². The standard InChI is InChI=1S/C20H15N5OS/c21-20-25-17(12-27-20)14-7-4-8-16(9-14)24-19(26)15-10-22-18(23-11-15)13-5-2-1-3-6-13/h1-12H,(H2,21,25)(H,24,26). The van der Waals surface area contributed by atoms with Crippen molar-refractivity contribution in [3.8, 4) is 22.6 Å². The summed E-state index contributed by atoms with van der Waals surface area (Å²) in [5.41, 5.74) is 9.31. The van der Waals surface area contributed by atoms with Crippen LogP contribution in [0.15, 0.2) is 72.4 Å². The fraction of sp³-hybridized carbons (Fsp3) is 0. The van der Waals surface area contributed by atoms with Gasteiger partial charge in [-0.25, -0.2) is 15.0 Å². The summed E-state index contributed by atoms with van der Waals surface area (Å²) < 4.78 is 0. The number of thiazole rings is 1. The monoisotopic (exact) mass is 373 g/mol. The van der Waals surface area contributed by atoms with Gasteiger partial charge in [0, 0.05) is 34.6 Å². The number of hydrogen-bond acceptors (Lipinski definition) is 6. The van der Waals surface area contributed by atoms with Gasteiger partial charge in [0.25, 0.3) is 5.91 Å². The average molecular weight is 373 g/mol. The zero-order valence-corrected chi connectivity index (χ0v) is 15.0. The number of carbonyl (C=O) groups excluding carboxylic acids is 1. The highest BCUT2D eigenvalue weighted by Gasteiger charge is 2.10. The third-order valence-electron chi connectivity index (χ3n) is 3.88. The highest BCUT2D eigenvalue weighted by atomic mass is 32.1. The van der Waals surface area contributed by atoms with Crippen LogP contribution in [0, 0.1) is 0 Å². The molecule has 0 radical (unpaired) electrons. The van der Waals surface area contributed by atoms with Crippen LogP contribution < -0.4 is 11.1 Å². The van der Waals surface area contributed by atoms with E-state index >= 15 is 0 Å². The number of nitrogens with zero attached hydrogens (tertiary/aromatic N) is 3. The van der Waals surface area contributed by atoms with Crippen LogP contribution in [0.1, 0.15) is 10.4 Å². The summed E-state index contributed by atoms with van der Waals surface area (Å²) in [6, 6.07) is 17.1. The molecule has 2 aromatic carbocycles. The van der Waals surface area contributed by atoms with Gasteiger partial charge in [0.1, 0.15) is 0 Å². The first-order valence-corrected chi connectivity index (χ1v) is 9.07. The van der Waals surface area contributed by atoms with Gasteiger partial charge >= 0.3 is 0 Å². The highest BCUT2D eigenvalue weighted by molar-refractivity contribution is 7.13. The van der Waals surface area contributed by atoms with Gasteiger partial charge in [-0.2, -0.15) is 0 Å². The minimum absolute atomic E-state index is 0.274. The predicted octanol–water partition coefficient (Wildman–Crippen LogP) is 4.10. The normalized spacial score (nSPS) is 10.5. The molecule has 7 heteroatoms. The van der Waals surface area contributed by atoms with E-state index in [9.17, 15) is 4.79 Å². The van der Waals surface area contributed by atoms with E-state index in [2.05, 4.69) is 20.3 Å².